The van der Waals surface area contributed by atoms with Crippen molar-refractivity contribution >= 4 is 23.5 Å². The van der Waals surface area contributed by atoms with Gasteiger partial charge in [0, 0.05) is 25.2 Å². The highest BCUT2D eigenvalue weighted by molar-refractivity contribution is 6.31. The molecule has 5 nitrogen and oxygen atoms in total. The molecule has 0 aromatic carbocycles. The second kappa shape index (κ2) is 7.94. The van der Waals surface area contributed by atoms with Crippen molar-refractivity contribution in [3.8, 4) is 0 Å². The normalized spacial score (nSPS) is 10.7. The van der Waals surface area contributed by atoms with Gasteiger partial charge in [-0.3, -0.25) is 9.59 Å². The molecule has 0 bridgehead atoms. The Morgan fingerprint density at radius 2 is 2.15 bits per heavy atom. The second-order valence-corrected chi connectivity index (χ2v) is 5.15. The molecule has 0 atom stereocenters. The van der Waals surface area contributed by atoms with Crippen molar-refractivity contribution in [1.82, 2.24) is 9.88 Å². The molecular formula is C14H21ClN2O3. The third kappa shape index (κ3) is 4.89. The van der Waals surface area contributed by atoms with Crippen LogP contribution in [-0.2, 0) is 9.53 Å². The zero-order valence-electron chi connectivity index (χ0n) is 12.1. The number of nitrogens with one attached hydrogen (secondary N) is 1. The molecule has 0 aliphatic rings. The van der Waals surface area contributed by atoms with Crippen LogP contribution in [0.5, 0.6) is 0 Å². The maximum atomic E-state index is 12.0. The number of halogens is 1. The van der Waals surface area contributed by atoms with Crippen molar-refractivity contribution in [2.24, 2.45) is 0 Å². The minimum absolute atomic E-state index is 0.155. The molecule has 6 heteroatoms. The van der Waals surface area contributed by atoms with Crippen LogP contribution in [0, 0.1) is 0 Å². The summed E-state index contributed by atoms with van der Waals surface area (Å²) in [7, 11) is 0. The van der Waals surface area contributed by atoms with Gasteiger partial charge in [0.25, 0.3) is 5.91 Å². The molecule has 112 valence electrons. The molecule has 1 amide bonds. The van der Waals surface area contributed by atoms with E-state index in [4.69, 9.17) is 16.3 Å². The topological polar surface area (TPSA) is 60.3 Å². The van der Waals surface area contributed by atoms with Gasteiger partial charge in [-0.2, -0.15) is 0 Å². The number of hydrogen-bond donors (Lipinski definition) is 1. The van der Waals surface area contributed by atoms with Crippen molar-refractivity contribution in [3.63, 3.8) is 0 Å². The van der Waals surface area contributed by atoms with Crippen LogP contribution in [-0.4, -0.2) is 29.6 Å². The van der Waals surface area contributed by atoms with Gasteiger partial charge >= 0.3 is 5.97 Å². The van der Waals surface area contributed by atoms with E-state index in [2.05, 4.69) is 5.32 Å². The van der Waals surface area contributed by atoms with Gasteiger partial charge in [-0.1, -0.05) is 11.6 Å². The van der Waals surface area contributed by atoms with Gasteiger partial charge < -0.3 is 14.6 Å². The summed E-state index contributed by atoms with van der Waals surface area (Å²) in [6.45, 7) is 6.54. The first-order chi connectivity index (χ1) is 9.45. The van der Waals surface area contributed by atoms with Crippen LogP contribution in [0.3, 0.4) is 0 Å². The largest absolute Gasteiger partial charge is 0.466 e. The molecule has 1 rings (SSSR count). The summed E-state index contributed by atoms with van der Waals surface area (Å²) in [6, 6.07) is 1.80. The van der Waals surface area contributed by atoms with Crippen LogP contribution < -0.4 is 5.32 Å². The molecule has 0 fully saturated rings. The van der Waals surface area contributed by atoms with E-state index in [1.54, 1.807) is 19.2 Å². The minimum Gasteiger partial charge on any atom is -0.466 e. The molecule has 0 saturated heterocycles. The molecule has 0 unspecified atom stereocenters. The van der Waals surface area contributed by atoms with Gasteiger partial charge in [-0.25, -0.2) is 0 Å². The van der Waals surface area contributed by atoms with Crippen molar-refractivity contribution in [1.29, 1.82) is 0 Å². The zero-order chi connectivity index (χ0) is 15.1. The monoisotopic (exact) mass is 300 g/mol. The summed E-state index contributed by atoms with van der Waals surface area (Å²) >= 11 is 5.93. The Bertz CT molecular complexity index is 469. The second-order valence-electron chi connectivity index (χ2n) is 4.71. The number of carbonyl (C=O) groups is 2. The van der Waals surface area contributed by atoms with E-state index in [1.165, 1.54) is 0 Å². The van der Waals surface area contributed by atoms with E-state index in [1.807, 2.05) is 18.4 Å². The number of ether oxygens (including phenoxy) is 1. The highest BCUT2D eigenvalue weighted by Crippen LogP contribution is 2.18. The van der Waals surface area contributed by atoms with Crippen molar-refractivity contribution in [3.05, 3.63) is 23.0 Å². The zero-order valence-corrected chi connectivity index (χ0v) is 12.9. The maximum absolute atomic E-state index is 12.0. The van der Waals surface area contributed by atoms with E-state index < -0.39 is 0 Å². The minimum atomic E-state index is -0.240. The van der Waals surface area contributed by atoms with E-state index in [0.29, 0.717) is 36.7 Å². The van der Waals surface area contributed by atoms with Gasteiger partial charge in [-0.15, -0.1) is 0 Å². The highest BCUT2D eigenvalue weighted by atomic mass is 35.5. The maximum Gasteiger partial charge on any atom is 0.305 e. The van der Waals surface area contributed by atoms with Gasteiger partial charge in [0.2, 0.25) is 0 Å². The number of aromatic nitrogens is 1. The molecule has 1 aromatic heterocycles. The Kier molecular flexibility index (Phi) is 6.58. The Morgan fingerprint density at radius 1 is 1.45 bits per heavy atom. The molecule has 0 aliphatic carbocycles. The lowest BCUT2D eigenvalue weighted by atomic mass is 10.3. The first kappa shape index (κ1) is 16.6. The average molecular weight is 301 g/mol. The molecule has 1 aromatic rings. The smallest absolute Gasteiger partial charge is 0.305 e. The Labute approximate surface area is 124 Å². The number of esters is 1. The predicted octanol–water partition coefficient (Wildman–Crippen LogP) is 2.80. The lowest BCUT2D eigenvalue weighted by Gasteiger charge is -2.12. The van der Waals surface area contributed by atoms with Gasteiger partial charge in [-0.05, 0) is 33.3 Å². The molecule has 0 saturated carbocycles. The van der Waals surface area contributed by atoms with E-state index in [9.17, 15) is 9.59 Å². The lowest BCUT2D eigenvalue weighted by Crippen LogP contribution is -2.27. The van der Waals surface area contributed by atoms with E-state index in [-0.39, 0.29) is 17.9 Å². The first-order valence-corrected chi connectivity index (χ1v) is 7.14. The molecule has 1 N–H and O–H groups in total. The molecule has 0 radical (unpaired) electrons. The SMILES string of the molecule is CCOC(=O)CCCNC(=O)c1cc(Cl)cn1C(C)C. The van der Waals surface area contributed by atoms with Crippen LogP contribution in [0.4, 0.5) is 0 Å². The van der Waals surface area contributed by atoms with Crippen molar-refractivity contribution in [2.45, 2.75) is 39.7 Å². The van der Waals surface area contributed by atoms with Crippen LogP contribution >= 0.6 is 11.6 Å². The van der Waals surface area contributed by atoms with E-state index >= 15 is 0 Å². The number of rotatable bonds is 7. The number of nitrogens with zero attached hydrogens (tertiary/aromatic N) is 1. The van der Waals surface area contributed by atoms with Crippen molar-refractivity contribution < 1.29 is 14.3 Å². The van der Waals surface area contributed by atoms with Crippen LogP contribution in [0.2, 0.25) is 5.02 Å². The summed E-state index contributed by atoms with van der Waals surface area (Å²) in [6.07, 6.45) is 2.60. The quantitative estimate of drug-likeness (QED) is 0.622. The fraction of sp³-hybridized carbons (Fsp3) is 0.571. The summed E-state index contributed by atoms with van der Waals surface area (Å²) in [5.74, 6) is -0.426. The number of amides is 1. The van der Waals surface area contributed by atoms with Crippen LogP contribution in [0.25, 0.3) is 0 Å². The number of carbonyl (C=O) groups excluding carboxylic acids is 2. The van der Waals surface area contributed by atoms with E-state index in [0.717, 1.165) is 0 Å². The third-order valence-corrected chi connectivity index (χ3v) is 2.96. The fourth-order valence-electron chi connectivity index (χ4n) is 1.81. The van der Waals surface area contributed by atoms with Crippen LogP contribution in [0.1, 0.15) is 50.1 Å². The van der Waals surface area contributed by atoms with Gasteiger partial charge in [0.15, 0.2) is 0 Å². The molecular weight excluding hydrogens is 280 g/mol. The summed E-state index contributed by atoms with van der Waals surface area (Å²) in [4.78, 5) is 23.2. The lowest BCUT2D eigenvalue weighted by molar-refractivity contribution is -0.143. The summed E-state index contributed by atoms with van der Waals surface area (Å²) in [5.41, 5.74) is 0.529. The standard InChI is InChI=1S/C14H21ClN2O3/c1-4-20-13(18)6-5-7-16-14(19)12-8-11(15)9-17(12)10(2)3/h8-10H,4-7H2,1-3H3,(H,16,19). The third-order valence-electron chi connectivity index (χ3n) is 2.75. The summed E-state index contributed by atoms with van der Waals surface area (Å²) < 4.78 is 6.64. The predicted molar refractivity (Wildman–Crippen MR) is 78.0 cm³/mol. The Hall–Kier alpha value is -1.49. The van der Waals surface area contributed by atoms with Gasteiger partial charge in [0.1, 0.15) is 5.69 Å². The molecule has 20 heavy (non-hydrogen) atoms. The van der Waals surface area contributed by atoms with Crippen molar-refractivity contribution in [2.75, 3.05) is 13.2 Å². The van der Waals surface area contributed by atoms with Crippen LogP contribution in [0.15, 0.2) is 12.3 Å². The Morgan fingerprint density at radius 3 is 2.75 bits per heavy atom. The average Bonchev–Trinajstić information content (AvgIpc) is 2.77. The Balaban J connectivity index is 2.45. The fourth-order valence-corrected chi connectivity index (χ4v) is 2.02. The highest BCUT2D eigenvalue weighted by Gasteiger charge is 2.14. The summed E-state index contributed by atoms with van der Waals surface area (Å²) in [5, 5.41) is 3.32. The first-order valence-electron chi connectivity index (χ1n) is 6.76. The van der Waals surface area contributed by atoms with Gasteiger partial charge in [0.05, 0.1) is 11.6 Å². The molecule has 0 spiro atoms. The number of hydrogen-bond acceptors (Lipinski definition) is 3. The molecule has 0 aliphatic heterocycles. The molecule has 1 heterocycles.